The molecule has 48 heavy (non-hydrogen) atoms. The Morgan fingerprint density at radius 3 is 2.08 bits per heavy atom. The van der Waals surface area contributed by atoms with Crippen molar-refractivity contribution in [3.63, 3.8) is 0 Å². The SMILES string of the molecule is COC(=O)c1c(O)c2c(c(-c3c4c(c(O)c5c(OC)cc(OC)cc35)CO[C@H](C)[C@@H]4O)c1/C=C(\OC)C(=O)O)[C@@H](OC(C)=O)[C@@H](C)OC2. The first-order valence-electron chi connectivity index (χ1n) is 14.8. The molecule has 0 saturated carbocycles. The van der Waals surface area contributed by atoms with Gasteiger partial charge in [0.1, 0.15) is 34.7 Å². The molecule has 0 aromatic heterocycles. The van der Waals surface area contributed by atoms with Gasteiger partial charge < -0.3 is 53.6 Å². The van der Waals surface area contributed by atoms with Crippen molar-refractivity contribution < 1.29 is 68.0 Å². The molecule has 4 N–H and O–H groups in total. The zero-order chi connectivity index (χ0) is 35.2. The van der Waals surface area contributed by atoms with Gasteiger partial charge in [-0.15, -0.1) is 0 Å². The smallest absolute Gasteiger partial charge is 0.371 e. The van der Waals surface area contributed by atoms with Crippen molar-refractivity contribution in [1.29, 1.82) is 0 Å². The topological polar surface area (TPSA) is 197 Å². The third-order valence-corrected chi connectivity index (χ3v) is 8.64. The fraction of sp³-hybridized carbons (Fsp3) is 0.382. The number of benzene rings is 3. The van der Waals surface area contributed by atoms with E-state index in [4.69, 9.17) is 33.2 Å². The van der Waals surface area contributed by atoms with Crippen molar-refractivity contribution in [2.45, 2.75) is 58.4 Å². The molecule has 2 aliphatic heterocycles. The van der Waals surface area contributed by atoms with Gasteiger partial charge in [-0.2, -0.15) is 0 Å². The maximum atomic E-state index is 13.5. The lowest BCUT2D eigenvalue weighted by molar-refractivity contribution is -0.157. The third-order valence-electron chi connectivity index (χ3n) is 8.64. The average Bonchev–Trinajstić information content (AvgIpc) is 3.06. The summed E-state index contributed by atoms with van der Waals surface area (Å²) in [5, 5.41) is 45.7. The Morgan fingerprint density at radius 1 is 0.875 bits per heavy atom. The number of phenols is 2. The minimum atomic E-state index is -1.51. The first-order valence-corrected chi connectivity index (χ1v) is 14.8. The first-order chi connectivity index (χ1) is 22.8. The number of methoxy groups -OCH3 is 4. The van der Waals surface area contributed by atoms with Crippen LogP contribution in [0.3, 0.4) is 0 Å². The van der Waals surface area contributed by atoms with Crippen molar-refractivity contribution >= 4 is 34.8 Å². The maximum Gasteiger partial charge on any atom is 0.371 e. The molecule has 4 atom stereocenters. The van der Waals surface area contributed by atoms with Gasteiger partial charge in [0.15, 0.2) is 6.10 Å². The van der Waals surface area contributed by atoms with Gasteiger partial charge in [-0.25, -0.2) is 9.59 Å². The van der Waals surface area contributed by atoms with Crippen LogP contribution in [-0.4, -0.2) is 79.0 Å². The fourth-order valence-corrected chi connectivity index (χ4v) is 6.39. The van der Waals surface area contributed by atoms with E-state index in [1.54, 1.807) is 26.0 Å². The molecular weight excluding hydrogens is 632 g/mol. The van der Waals surface area contributed by atoms with Crippen LogP contribution in [0, 0.1) is 0 Å². The minimum absolute atomic E-state index is 0.0422. The van der Waals surface area contributed by atoms with E-state index in [9.17, 15) is 34.8 Å². The molecule has 2 aliphatic rings. The lowest BCUT2D eigenvalue weighted by atomic mass is 9.76. The molecule has 0 spiro atoms. The van der Waals surface area contributed by atoms with Crippen molar-refractivity contribution in [2.75, 3.05) is 28.4 Å². The largest absolute Gasteiger partial charge is 0.507 e. The van der Waals surface area contributed by atoms with Gasteiger partial charge in [0.05, 0.1) is 59.2 Å². The number of carbonyl (C=O) groups is 3. The number of hydrogen-bond acceptors (Lipinski definition) is 13. The monoisotopic (exact) mass is 668 g/mol. The summed E-state index contributed by atoms with van der Waals surface area (Å²) in [4.78, 5) is 38.4. The molecule has 0 amide bonds. The molecule has 2 heterocycles. The van der Waals surface area contributed by atoms with Gasteiger partial charge in [0, 0.05) is 46.2 Å². The summed E-state index contributed by atoms with van der Waals surface area (Å²) in [5.41, 5.74) is 0.124. The summed E-state index contributed by atoms with van der Waals surface area (Å²) >= 11 is 0. The average molecular weight is 669 g/mol. The van der Waals surface area contributed by atoms with E-state index in [0.29, 0.717) is 0 Å². The summed E-state index contributed by atoms with van der Waals surface area (Å²) in [5.74, 6) is -4.30. The van der Waals surface area contributed by atoms with Crippen molar-refractivity contribution in [1.82, 2.24) is 0 Å². The van der Waals surface area contributed by atoms with Crippen LogP contribution in [-0.2, 0) is 46.5 Å². The van der Waals surface area contributed by atoms with Crippen LogP contribution in [0.1, 0.15) is 71.2 Å². The van der Waals surface area contributed by atoms with Gasteiger partial charge >= 0.3 is 17.9 Å². The van der Waals surface area contributed by atoms with Crippen LogP contribution in [0.5, 0.6) is 23.0 Å². The molecular formula is C34H36O14. The van der Waals surface area contributed by atoms with E-state index < -0.39 is 59.4 Å². The normalized spacial score (nSPS) is 20.4. The molecule has 14 nitrogen and oxygen atoms in total. The van der Waals surface area contributed by atoms with Crippen molar-refractivity contribution in [2.24, 2.45) is 0 Å². The van der Waals surface area contributed by atoms with Crippen LogP contribution in [0.25, 0.3) is 28.0 Å². The fourth-order valence-electron chi connectivity index (χ4n) is 6.39. The number of aromatic hydroxyl groups is 2. The lowest BCUT2D eigenvalue weighted by Gasteiger charge is -2.37. The number of carboxylic acids is 1. The van der Waals surface area contributed by atoms with Crippen LogP contribution in [0.4, 0.5) is 0 Å². The van der Waals surface area contributed by atoms with E-state index >= 15 is 0 Å². The highest BCUT2D eigenvalue weighted by Gasteiger charge is 2.42. The number of aliphatic hydroxyl groups excluding tert-OH is 1. The highest BCUT2D eigenvalue weighted by atomic mass is 16.6. The van der Waals surface area contributed by atoms with Crippen molar-refractivity contribution in [3.8, 4) is 34.1 Å². The summed E-state index contributed by atoms with van der Waals surface area (Å²) < 4.78 is 39.0. The molecule has 0 fully saturated rings. The Kier molecular flexibility index (Phi) is 9.44. The van der Waals surface area contributed by atoms with E-state index in [1.807, 2.05) is 0 Å². The molecule has 0 aliphatic carbocycles. The van der Waals surface area contributed by atoms with Crippen LogP contribution >= 0.6 is 0 Å². The van der Waals surface area contributed by atoms with Crippen LogP contribution < -0.4 is 9.47 Å². The molecule has 14 heteroatoms. The molecule has 0 saturated heterocycles. The van der Waals surface area contributed by atoms with E-state index in [-0.39, 0.29) is 80.2 Å². The standard InChI is InChI=1S/C34H36O14/c1-13-29(36)26-19(11-46-13)30(37)23-17(8-16(42-4)9-21(23)43-5)24(26)25-18(10-22(44-6)33(39)40)28(34(41)45-7)31(38)20-12-47-14(2)32(27(20)25)48-15(3)35/h8-10,13-14,29,32,36-38H,11-12H2,1-7H3,(H,39,40)/b22-10-/t13-,14-,29+,32+/m1/s1. The Balaban J connectivity index is 2.19. The molecule has 3 aromatic carbocycles. The molecule has 5 rings (SSSR count). The second-order valence-corrected chi connectivity index (χ2v) is 11.3. The predicted molar refractivity (Wildman–Crippen MR) is 168 cm³/mol. The number of esters is 2. The van der Waals surface area contributed by atoms with Gasteiger partial charge in [-0.05, 0) is 37.1 Å². The highest BCUT2D eigenvalue weighted by molar-refractivity contribution is 6.11. The maximum absolute atomic E-state index is 13.5. The number of fused-ring (bicyclic) bond motifs is 3. The number of carbonyl (C=O) groups excluding carboxylic acids is 2. The van der Waals surface area contributed by atoms with Crippen LogP contribution in [0.15, 0.2) is 17.9 Å². The van der Waals surface area contributed by atoms with E-state index in [0.717, 1.165) is 20.3 Å². The number of hydrogen-bond donors (Lipinski definition) is 4. The number of carboxylic acid groups (broad SMARTS) is 1. The Labute approximate surface area is 274 Å². The summed E-state index contributed by atoms with van der Waals surface area (Å²) in [7, 11) is 5.01. The lowest BCUT2D eigenvalue weighted by Crippen LogP contribution is -2.31. The summed E-state index contributed by atoms with van der Waals surface area (Å²) in [6.07, 6.45) is -3.18. The number of phenolic OH excluding ortho intramolecular Hbond substituents is 2. The first kappa shape index (κ1) is 34.3. The third kappa shape index (κ3) is 5.51. The Bertz CT molecular complexity index is 1860. The van der Waals surface area contributed by atoms with E-state index in [1.165, 1.54) is 21.1 Å². The van der Waals surface area contributed by atoms with Gasteiger partial charge in [-0.1, -0.05) is 0 Å². The second kappa shape index (κ2) is 13.2. The highest BCUT2D eigenvalue weighted by Crippen LogP contribution is 2.55. The second-order valence-electron chi connectivity index (χ2n) is 11.3. The predicted octanol–water partition coefficient (Wildman–Crippen LogP) is 4.27. The summed E-state index contributed by atoms with van der Waals surface area (Å²) in [6.45, 7) is 4.04. The number of aliphatic carboxylic acids is 1. The van der Waals surface area contributed by atoms with Gasteiger partial charge in [-0.3, -0.25) is 4.79 Å². The number of rotatable bonds is 8. The Hall–Kier alpha value is -5.05. The molecule has 256 valence electrons. The van der Waals surface area contributed by atoms with E-state index in [2.05, 4.69) is 0 Å². The minimum Gasteiger partial charge on any atom is -0.507 e. The Morgan fingerprint density at radius 2 is 1.52 bits per heavy atom. The zero-order valence-corrected chi connectivity index (χ0v) is 27.3. The molecule has 3 aromatic rings. The molecule has 0 bridgehead atoms. The zero-order valence-electron chi connectivity index (χ0n) is 27.3. The number of aliphatic hydroxyl groups is 1. The number of ether oxygens (including phenoxy) is 7. The molecule has 0 unspecified atom stereocenters. The van der Waals surface area contributed by atoms with Gasteiger partial charge in [0.25, 0.3) is 0 Å². The molecule has 0 radical (unpaired) electrons. The van der Waals surface area contributed by atoms with Crippen LogP contribution in [0.2, 0.25) is 0 Å². The van der Waals surface area contributed by atoms with Crippen molar-refractivity contribution in [3.05, 3.63) is 51.3 Å². The summed E-state index contributed by atoms with van der Waals surface area (Å²) in [6, 6.07) is 3.11. The van der Waals surface area contributed by atoms with Gasteiger partial charge in [0.2, 0.25) is 5.76 Å². The quantitative estimate of drug-likeness (QED) is 0.151.